The summed E-state index contributed by atoms with van der Waals surface area (Å²) in [5.74, 6) is 0.146. The molecule has 1 unspecified atom stereocenters. The van der Waals surface area contributed by atoms with Gasteiger partial charge < -0.3 is 19.8 Å². The smallest absolute Gasteiger partial charge is 0.418 e. The van der Waals surface area contributed by atoms with Crippen LogP contribution in [0.5, 0.6) is 5.75 Å². The molecule has 138 valence electrons. The fraction of sp³-hybridized carbons (Fsp3) is 0.588. The number of rotatable bonds is 2. The van der Waals surface area contributed by atoms with E-state index in [0.717, 1.165) is 6.07 Å². The van der Waals surface area contributed by atoms with Crippen LogP contribution < -0.4 is 4.74 Å². The van der Waals surface area contributed by atoms with Crippen molar-refractivity contribution in [3.8, 4) is 5.75 Å². The Morgan fingerprint density at radius 2 is 2.04 bits per heavy atom. The number of aliphatic hydroxyl groups excluding tert-OH is 2. The van der Waals surface area contributed by atoms with Gasteiger partial charge in [-0.2, -0.15) is 13.2 Å². The molecule has 25 heavy (non-hydrogen) atoms. The number of aliphatic hydroxyl groups is 2. The van der Waals surface area contributed by atoms with Gasteiger partial charge in [-0.3, -0.25) is 4.79 Å². The van der Waals surface area contributed by atoms with E-state index in [-0.39, 0.29) is 17.0 Å². The third kappa shape index (κ3) is 3.08. The topological polar surface area (TPSA) is 70.0 Å². The first-order chi connectivity index (χ1) is 11.5. The highest BCUT2D eigenvalue weighted by atomic mass is 19.4. The van der Waals surface area contributed by atoms with Gasteiger partial charge >= 0.3 is 6.18 Å². The molecular weight excluding hydrogens is 339 g/mol. The summed E-state index contributed by atoms with van der Waals surface area (Å²) in [4.78, 5) is 13.6. The molecular formula is C17H20F3NO4. The minimum atomic E-state index is -4.80. The zero-order valence-electron chi connectivity index (χ0n) is 13.9. The van der Waals surface area contributed by atoms with E-state index in [1.165, 1.54) is 17.0 Å². The van der Waals surface area contributed by atoms with Crippen molar-refractivity contribution < 1.29 is 32.9 Å². The van der Waals surface area contributed by atoms with Crippen molar-refractivity contribution in [2.45, 2.75) is 56.7 Å². The zero-order chi connectivity index (χ0) is 18.6. The molecule has 0 spiro atoms. The molecule has 0 bridgehead atoms. The molecule has 1 fully saturated rings. The van der Waals surface area contributed by atoms with Crippen LogP contribution in [0.25, 0.3) is 0 Å². The number of carbonyl (C=O) groups excluding carboxylic acids is 1. The molecule has 3 atom stereocenters. The second-order valence-electron chi connectivity index (χ2n) is 7.03. The number of fused-ring (bicyclic) bond motifs is 1. The van der Waals surface area contributed by atoms with E-state index in [2.05, 4.69) is 0 Å². The number of nitrogens with zero attached hydrogens (tertiary/aromatic N) is 1. The molecule has 0 aliphatic carbocycles. The van der Waals surface area contributed by atoms with Crippen LogP contribution in [0.4, 0.5) is 13.2 Å². The standard InChI is InChI=1S/C17H20F3NO4/c1-16(2)15(24)13(21-7-3-4-12(21)22)10-8-9(5-6-11(10)25-16)14(23)17(18,19)20/h5-6,8,13-15,23-24H,3-4,7H2,1-2H3/t13-,14?,15+/m1/s1. The molecule has 0 aromatic heterocycles. The maximum Gasteiger partial charge on any atom is 0.418 e. The quantitative estimate of drug-likeness (QED) is 0.851. The molecule has 8 heteroatoms. The molecule has 2 heterocycles. The van der Waals surface area contributed by atoms with Gasteiger partial charge in [0.1, 0.15) is 17.5 Å². The summed E-state index contributed by atoms with van der Waals surface area (Å²) in [5.41, 5.74) is -1.08. The summed E-state index contributed by atoms with van der Waals surface area (Å²) in [7, 11) is 0. The lowest BCUT2D eigenvalue weighted by molar-refractivity contribution is -0.206. The van der Waals surface area contributed by atoms with Gasteiger partial charge in [0.2, 0.25) is 5.91 Å². The van der Waals surface area contributed by atoms with Crippen molar-refractivity contribution in [2.24, 2.45) is 0 Å². The van der Waals surface area contributed by atoms with E-state index in [1.807, 2.05) is 0 Å². The average Bonchev–Trinajstić information content (AvgIpc) is 2.92. The lowest BCUT2D eigenvalue weighted by Crippen LogP contribution is -2.53. The molecule has 2 N–H and O–H groups in total. The van der Waals surface area contributed by atoms with E-state index in [4.69, 9.17) is 4.74 Å². The van der Waals surface area contributed by atoms with Crippen LogP contribution in [0.1, 0.15) is 50.0 Å². The Labute approximate surface area is 143 Å². The lowest BCUT2D eigenvalue weighted by atomic mass is 9.84. The van der Waals surface area contributed by atoms with Gasteiger partial charge in [0.25, 0.3) is 0 Å². The predicted molar refractivity (Wildman–Crippen MR) is 81.9 cm³/mol. The summed E-state index contributed by atoms with van der Waals surface area (Å²) < 4.78 is 44.2. The number of carbonyl (C=O) groups is 1. The lowest BCUT2D eigenvalue weighted by Gasteiger charge is -2.45. The van der Waals surface area contributed by atoms with Crippen LogP contribution in [-0.4, -0.2) is 45.4 Å². The number of hydrogen-bond acceptors (Lipinski definition) is 4. The van der Waals surface area contributed by atoms with Crippen molar-refractivity contribution in [3.05, 3.63) is 29.3 Å². The second kappa shape index (κ2) is 5.88. The monoisotopic (exact) mass is 359 g/mol. The van der Waals surface area contributed by atoms with Crippen LogP contribution in [0.3, 0.4) is 0 Å². The molecule has 1 amide bonds. The van der Waals surface area contributed by atoms with Crippen LogP contribution in [-0.2, 0) is 4.79 Å². The first-order valence-electron chi connectivity index (χ1n) is 8.07. The minimum Gasteiger partial charge on any atom is -0.485 e. The van der Waals surface area contributed by atoms with Crippen molar-refractivity contribution in [2.75, 3.05) is 6.54 Å². The SMILES string of the molecule is CC1(C)Oc2ccc(C(O)C(F)(F)F)cc2[C@@H](N2CCCC2=O)[C@@H]1O. The minimum absolute atomic E-state index is 0.158. The third-order valence-electron chi connectivity index (χ3n) is 4.81. The fourth-order valence-electron chi connectivity index (χ4n) is 3.45. The molecule has 3 rings (SSSR count). The van der Waals surface area contributed by atoms with Crippen molar-refractivity contribution in [1.82, 2.24) is 4.90 Å². The summed E-state index contributed by atoms with van der Waals surface area (Å²) in [5, 5.41) is 20.2. The molecule has 2 aliphatic heterocycles. The number of alkyl halides is 3. The van der Waals surface area contributed by atoms with E-state index in [1.54, 1.807) is 13.8 Å². The van der Waals surface area contributed by atoms with Gasteiger partial charge in [-0.05, 0) is 38.0 Å². The van der Waals surface area contributed by atoms with Crippen LogP contribution in [0.15, 0.2) is 18.2 Å². The molecule has 5 nitrogen and oxygen atoms in total. The Morgan fingerprint density at radius 3 is 2.60 bits per heavy atom. The van der Waals surface area contributed by atoms with E-state index < -0.39 is 30.0 Å². The van der Waals surface area contributed by atoms with Gasteiger partial charge in [-0.15, -0.1) is 0 Å². The maximum absolute atomic E-state index is 12.8. The van der Waals surface area contributed by atoms with E-state index in [9.17, 15) is 28.2 Å². The predicted octanol–water partition coefficient (Wildman–Crippen LogP) is 2.48. The third-order valence-corrected chi connectivity index (χ3v) is 4.81. The Kier molecular flexibility index (Phi) is 4.23. The number of halogens is 3. The van der Waals surface area contributed by atoms with Gasteiger partial charge in [-0.1, -0.05) is 6.07 Å². The fourth-order valence-corrected chi connectivity index (χ4v) is 3.45. The highest BCUT2D eigenvalue weighted by molar-refractivity contribution is 5.79. The molecule has 1 saturated heterocycles. The Balaban J connectivity index is 2.09. The summed E-state index contributed by atoms with van der Waals surface area (Å²) in [6, 6.07) is 2.85. The maximum atomic E-state index is 12.8. The number of likely N-dealkylation sites (tertiary alicyclic amines) is 1. The van der Waals surface area contributed by atoms with Crippen molar-refractivity contribution >= 4 is 5.91 Å². The molecule has 2 aliphatic rings. The number of hydrogen-bond donors (Lipinski definition) is 2. The normalized spacial score (nSPS) is 27.0. The van der Waals surface area contributed by atoms with Crippen LogP contribution >= 0.6 is 0 Å². The van der Waals surface area contributed by atoms with Gasteiger partial charge in [0, 0.05) is 18.5 Å². The van der Waals surface area contributed by atoms with Gasteiger partial charge in [0.05, 0.1) is 6.04 Å². The second-order valence-corrected chi connectivity index (χ2v) is 7.03. The van der Waals surface area contributed by atoms with E-state index >= 15 is 0 Å². The molecule has 1 aromatic rings. The molecule has 0 saturated carbocycles. The number of ether oxygens (including phenoxy) is 1. The summed E-state index contributed by atoms with van der Waals surface area (Å²) in [6.07, 6.45) is -7.59. The summed E-state index contributed by atoms with van der Waals surface area (Å²) >= 11 is 0. The molecule has 1 aromatic carbocycles. The highest BCUT2D eigenvalue weighted by Crippen LogP contribution is 2.45. The Morgan fingerprint density at radius 1 is 1.36 bits per heavy atom. The molecule has 0 radical (unpaired) electrons. The average molecular weight is 359 g/mol. The number of benzene rings is 1. The first kappa shape index (κ1) is 18.0. The largest absolute Gasteiger partial charge is 0.485 e. The number of amides is 1. The van der Waals surface area contributed by atoms with E-state index in [0.29, 0.717) is 25.1 Å². The highest BCUT2D eigenvalue weighted by Gasteiger charge is 2.48. The van der Waals surface area contributed by atoms with Crippen LogP contribution in [0, 0.1) is 0 Å². The van der Waals surface area contributed by atoms with Gasteiger partial charge in [0.15, 0.2) is 6.10 Å². The van der Waals surface area contributed by atoms with Crippen molar-refractivity contribution in [1.29, 1.82) is 0 Å². The Hall–Kier alpha value is -1.80. The zero-order valence-corrected chi connectivity index (χ0v) is 13.9. The Bertz CT molecular complexity index is 689. The van der Waals surface area contributed by atoms with Crippen LogP contribution in [0.2, 0.25) is 0 Å². The van der Waals surface area contributed by atoms with Crippen molar-refractivity contribution in [3.63, 3.8) is 0 Å². The van der Waals surface area contributed by atoms with Gasteiger partial charge in [-0.25, -0.2) is 0 Å². The summed E-state index contributed by atoms with van der Waals surface area (Å²) in [6.45, 7) is 3.74. The first-order valence-corrected chi connectivity index (χ1v) is 8.07.